The Labute approximate surface area is 106 Å². The number of nitrogens with zero attached hydrogens (tertiary/aromatic N) is 1. The summed E-state index contributed by atoms with van der Waals surface area (Å²) in [7, 11) is 0. The first-order valence-corrected chi connectivity index (χ1v) is 5.88. The van der Waals surface area contributed by atoms with E-state index < -0.39 is 5.97 Å². The maximum absolute atomic E-state index is 10.5. The number of aliphatic carboxylic acids is 1. The summed E-state index contributed by atoms with van der Waals surface area (Å²) < 4.78 is 0. The van der Waals surface area contributed by atoms with Crippen molar-refractivity contribution in [2.45, 2.75) is 13.3 Å². The van der Waals surface area contributed by atoms with Gasteiger partial charge in [-0.25, -0.2) is 0 Å². The summed E-state index contributed by atoms with van der Waals surface area (Å²) in [6.07, 6.45) is 0.934. The molecule has 5 heteroatoms. The van der Waals surface area contributed by atoms with Gasteiger partial charge in [0, 0.05) is 12.2 Å². The molecule has 17 heavy (non-hydrogen) atoms. The van der Waals surface area contributed by atoms with E-state index in [1.54, 1.807) is 0 Å². The van der Waals surface area contributed by atoms with E-state index in [0.29, 0.717) is 5.11 Å². The van der Waals surface area contributed by atoms with Gasteiger partial charge in [-0.05, 0) is 30.8 Å². The minimum Gasteiger partial charge on any atom is -0.480 e. The normalized spacial score (nSPS) is 9.71. The summed E-state index contributed by atoms with van der Waals surface area (Å²) in [5.74, 6) is -0.920. The van der Waals surface area contributed by atoms with E-state index in [1.807, 2.05) is 35.2 Å². The molecule has 0 saturated heterocycles. The van der Waals surface area contributed by atoms with Gasteiger partial charge in [-0.3, -0.25) is 4.79 Å². The molecule has 4 nitrogen and oxygen atoms in total. The van der Waals surface area contributed by atoms with E-state index in [0.717, 1.165) is 18.7 Å². The predicted molar refractivity (Wildman–Crippen MR) is 72.3 cm³/mol. The highest BCUT2D eigenvalue weighted by atomic mass is 32.1. The fraction of sp³-hybridized carbons (Fsp3) is 0.333. The summed E-state index contributed by atoms with van der Waals surface area (Å²) in [6.45, 7) is 2.65. The van der Waals surface area contributed by atoms with Crippen LogP contribution in [0.5, 0.6) is 0 Å². The first-order chi connectivity index (χ1) is 8.15. The first-order valence-electron chi connectivity index (χ1n) is 5.47. The monoisotopic (exact) mass is 252 g/mol. The van der Waals surface area contributed by atoms with Crippen molar-refractivity contribution < 1.29 is 9.90 Å². The number of hydrogen-bond donors (Lipinski definition) is 2. The summed E-state index contributed by atoms with van der Waals surface area (Å²) in [5.41, 5.74) is 0.970. The van der Waals surface area contributed by atoms with Crippen molar-refractivity contribution in [1.29, 1.82) is 0 Å². The maximum atomic E-state index is 10.5. The summed E-state index contributed by atoms with van der Waals surface area (Å²) in [5, 5.41) is 11.8. The zero-order valence-electron chi connectivity index (χ0n) is 9.72. The van der Waals surface area contributed by atoms with Crippen molar-refractivity contribution in [3.05, 3.63) is 30.3 Å². The lowest BCUT2D eigenvalue weighted by Gasteiger charge is -2.25. The molecule has 0 bridgehead atoms. The Bertz CT molecular complexity index is 381. The number of hydrogen-bond acceptors (Lipinski definition) is 2. The molecular formula is C12H16N2O2S. The highest BCUT2D eigenvalue weighted by Gasteiger charge is 2.11. The molecule has 92 valence electrons. The molecule has 0 aliphatic rings. The van der Waals surface area contributed by atoms with E-state index in [4.69, 9.17) is 17.3 Å². The summed E-state index contributed by atoms with van der Waals surface area (Å²) >= 11 is 5.19. The first kappa shape index (κ1) is 13.4. The van der Waals surface area contributed by atoms with Gasteiger partial charge in [0.2, 0.25) is 0 Å². The molecule has 1 rings (SSSR count). The Balaban J connectivity index is 2.72. The number of carboxylic acids is 1. The summed E-state index contributed by atoms with van der Waals surface area (Å²) in [6, 6.07) is 9.69. The number of anilines is 1. The van der Waals surface area contributed by atoms with Crippen LogP contribution in [-0.2, 0) is 4.79 Å². The fourth-order valence-electron chi connectivity index (χ4n) is 1.43. The molecule has 0 aliphatic heterocycles. The fourth-order valence-corrected chi connectivity index (χ4v) is 1.69. The molecule has 1 aromatic rings. The standard InChI is InChI=1S/C12H16N2O2S/c1-2-8-14(10-6-4-3-5-7-10)12(17)13-9-11(15)16/h3-7H,2,8-9H2,1H3,(H,13,17)(H,15,16). The van der Waals surface area contributed by atoms with Crippen LogP contribution in [0.2, 0.25) is 0 Å². The van der Waals surface area contributed by atoms with Crippen molar-refractivity contribution >= 4 is 29.0 Å². The quantitative estimate of drug-likeness (QED) is 0.783. The average Bonchev–Trinajstić information content (AvgIpc) is 2.34. The highest BCUT2D eigenvalue weighted by molar-refractivity contribution is 7.80. The van der Waals surface area contributed by atoms with Crippen molar-refractivity contribution in [2.75, 3.05) is 18.0 Å². The van der Waals surface area contributed by atoms with E-state index >= 15 is 0 Å². The average molecular weight is 252 g/mol. The smallest absolute Gasteiger partial charge is 0.322 e. The molecule has 0 spiro atoms. The van der Waals surface area contributed by atoms with Gasteiger partial charge in [-0.1, -0.05) is 25.1 Å². The lowest BCUT2D eigenvalue weighted by Crippen LogP contribution is -2.42. The van der Waals surface area contributed by atoms with Crippen LogP contribution in [0.4, 0.5) is 5.69 Å². The number of benzene rings is 1. The number of carboxylic acid groups (broad SMARTS) is 1. The van der Waals surface area contributed by atoms with Gasteiger partial charge in [0.1, 0.15) is 6.54 Å². The molecule has 1 aromatic carbocycles. The lowest BCUT2D eigenvalue weighted by molar-refractivity contribution is -0.135. The van der Waals surface area contributed by atoms with Crippen LogP contribution in [0, 0.1) is 0 Å². The number of thiocarbonyl (C=S) groups is 1. The van der Waals surface area contributed by atoms with E-state index in [1.165, 1.54) is 0 Å². The minimum atomic E-state index is -0.920. The van der Waals surface area contributed by atoms with Crippen molar-refractivity contribution in [1.82, 2.24) is 5.32 Å². The molecule has 0 aromatic heterocycles. The molecule has 0 fully saturated rings. The minimum absolute atomic E-state index is 0.161. The third kappa shape index (κ3) is 4.40. The van der Waals surface area contributed by atoms with Gasteiger partial charge in [-0.15, -0.1) is 0 Å². The Morgan fingerprint density at radius 2 is 2.06 bits per heavy atom. The van der Waals surface area contributed by atoms with Crippen LogP contribution >= 0.6 is 12.2 Å². The second-order valence-electron chi connectivity index (χ2n) is 3.54. The third-order valence-corrected chi connectivity index (χ3v) is 2.52. The molecule has 0 atom stereocenters. The Morgan fingerprint density at radius 1 is 1.41 bits per heavy atom. The third-order valence-electron chi connectivity index (χ3n) is 2.15. The zero-order valence-corrected chi connectivity index (χ0v) is 10.5. The number of rotatable bonds is 5. The van der Waals surface area contributed by atoms with Crippen molar-refractivity contribution in [3.8, 4) is 0 Å². The van der Waals surface area contributed by atoms with Crippen LogP contribution in [0.1, 0.15) is 13.3 Å². The van der Waals surface area contributed by atoms with Crippen molar-refractivity contribution in [3.63, 3.8) is 0 Å². The second-order valence-corrected chi connectivity index (χ2v) is 3.93. The van der Waals surface area contributed by atoms with Crippen LogP contribution < -0.4 is 10.2 Å². The van der Waals surface area contributed by atoms with Gasteiger partial charge in [-0.2, -0.15) is 0 Å². The summed E-state index contributed by atoms with van der Waals surface area (Å²) in [4.78, 5) is 12.4. The molecule has 0 amide bonds. The Hall–Kier alpha value is -1.62. The van der Waals surface area contributed by atoms with E-state index in [2.05, 4.69) is 12.2 Å². The predicted octanol–water partition coefficient (Wildman–Crippen LogP) is 1.86. The van der Waals surface area contributed by atoms with E-state index in [-0.39, 0.29) is 6.54 Å². The van der Waals surface area contributed by atoms with Crippen LogP contribution in [0.25, 0.3) is 0 Å². The lowest BCUT2D eigenvalue weighted by atomic mass is 10.3. The van der Waals surface area contributed by atoms with Gasteiger partial charge in [0.05, 0.1) is 0 Å². The number of nitrogens with one attached hydrogen (secondary N) is 1. The SMILES string of the molecule is CCCN(C(=S)NCC(=O)O)c1ccccc1. The topological polar surface area (TPSA) is 52.6 Å². The maximum Gasteiger partial charge on any atom is 0.322 e. The molecule has 0 aliphatic carbocycles. The Morgan fingerprint density at radius 3 is 2.59 bits per heavy atom. The molecule has 0 radical (unpaired) electrons. The highest BCUT2D eigenvalue weighted by Crippen LogP contribution is 2.13. The largest absolute Gasteiger partial charge is 0.480 e. The van der Waals surface area contributed by atoms with Gasteiger partial charge in [0.15, 0.2) is 5.11 Å². The second kappa shape index (κ2) is 6.85. The number of carbonyl (C=O) groups is 1. The molecule has 0 unspecified atom stereocenters. The van der Waals surface area contributed by atoms with Gasteiger partial charge in [0.25, 0.3) is 0 Å². The molecule has 2 N–H and O–H groups in total. The molecule has 0 heterocycles. The van der Waals surface area contributed by atoms with Crippen LogP contribution in [0.15, 0.2) is 30.3 Å². The number of para-hydroxylation sites is 1. The van der Waals surface area contributed by atoms with Gasteiger partial charge >= 0.3 is 5.97 Å². The van der Waals surface area contributed by atoms with Crippen LogP contribution in [0.3, 0.4) is 0 Å². The Kier molecular flexibility index (Phi) is 5.42. The zero-order chi connectivity index (χ0) is 12.7. The van der Waals surface area contributed by atoms with Crippen LogP contribution in [-0.4, -0.2) is 29.3 Å². The van der Waals surface area contributed by atoms with Crippen molar-refractivity contribution in [2.24, 2.45) is 0 Å². The molecule has 0 saturated carbocycles. The van der Waals surface area contributed by atoms with Gasteiger partial charge < -0.3 is 15.3 Å². The van der Waals surface area contributed by atoms with E-state index in [9.17, 15) is 4.79 Å². The molecular weight excluding hydrogens is 236 g/mol.